The second-order valence-corrected chi connectivity index (χ2v) is 10.1. The number of anilines is 4. The van der Waals surface area contributed by atoms with Gasteiger partial charge in [-0.3, -0.25) is 14.9 Å². The van der Waals surface area contributed by atoms with Gasteiger partial charge in [-0.1, -0.05) is 18.2 Å². The Morgan fingerprint density at radius 3 is 2.14 bits per heavy atom. The van der Waals surface area contributed by atoms with Crippen molar-refractivity contribution in [3.63, 3.8) is 0 Å². The van der Waals surface area contributed by atoms with E-state index in [-0.39, 0.29) is 17.6 Å². The summed E-state index contributed by atoms with van der Waals surface area (Å²) >= 11 is 0. The van der Waals surface area contributed by atoms with Crippen molar-refractivity contribution in [2.45, 2.75) is 19.9 Å². The summed E-state index contributed by atoms with van der Waals surface area (Å²) in [6, 6.07) is 15.8. The first-order valence-electron chi connectivity index (χ1n) is 14.4. The van der Waals surface area contributed by atoms with Crippen LogP contribution in [-0.2, 0) is 9.47 Å². The number of non-ortho nitro benzene ring substituents is 1. The largest absolute Gasteiger partial charge is 0.377 e. The topological polar surface area (TPSA) is 160 Å². The van der Waals surface area contributed by atoms with Gasteiger partial charge in [0.2, 0.25) is 17.8 Å². The predicted molar refractivity (Wildman–Crippen MR) is 165 cm³/mol. The molecule has 230 valence electrons. The molecule has 0 aliphatic carbocycles. The zero-order chi connectivity index (χ0) is 30.4. The maximum Gasteiger partial charge on any atom is 0.269 e. The van der Waals surface area contributed by atoms with Gasteiger partial charge in [-0.2, -0.15) is 15.0 Å². The van der Waals surface area contributed by atoms with Crippen molar-refractivity contribution in [2.75, 3.05) is 86.1 Å². The molecule has 1 amide bonds. The minimum absolute atomic E-state index is 0.0814. The number of benzene rings is 2. The van der Waals surface area contributed by atoms with Gasteiger partial charge in [-0.05, 0) is 38.1 Å². The van der Waals surface area contributed by atoms with Gasteiger partial charge in [0.05, 0.1) is 31.4 Å². The van der Waals surface area contributed by atoms with Crippen LogP contribution in [-0.4, -0.2) is 97.5 Å². The van der Waals surface area contributed by atoms with Crippen LogP contribution in [0.5, 0.6) is 0 Å². The minimum atomic E-state index is -0.392. The number of carbonyl (C=O) groups is 1. The number of nitro groups is 1. The molecule has 43 heavy (non-hydrogen) atoms. The standard InChI is InChI=1S/C29H39N9O5/c1-22(2)32-28-33-27(31-13-19-43-21-20-42-18-12-30-26(39)23-6-4-3-5-7-23)34-29(35-28)37-16-14-36(15-17-37)24-8-10-25(11-9-24)38(40)41/h3-11,22H,12-21H2,1-2H3,(H,30,39)(H2,31,32,33,34,35). The first-order chi connectivity index (χ1) is 20.9. The van der Waals surface area contributed by atoms with E-state index in [1.165, 1.54) is 12.1 Å². The van der Waals surface area contributed by atoms with E-state index in [2.05, 4.69) is 40.7 Å². The fourth-order valence-corrected chi connectivity index (χ4v) is 4.34. The van der Waals surface area contributed by atoms with Crippen LogP contribution >= 0.6 is 0 Å². The van der Waals surface area contributed by atoms with Crippen LogP contribution in [0.15, 0.2) is 54.6 Å². The van der Waals surface area contributed by atoms with Crippen LogP contribution < -0.4 is 25.8 Å². The van der Waals surface area contributed by atoms with Gasteiger partial charge in [0.1, 0.15) is 0 Å². The third kappa shape index (κ3) is 10.0. The Kier molecular flexibility index (Phi) is 11.8. The van der Waals surface area contributed by atoms with E-state index < -0.39 is 4.92 Å². The highest BCUT2D eigenvalue weighted by molar-refractivity contribution is 5.94. The number of nitrogens with zero attached hydrogens (tertiary/aromatic N) is 6. The van der Waals surface area contributed by atoms with Gasteiger partial charge in [0.15, 0.2) is 0 Å². The first-order valence-corrected chi connectivity index (χ1v) is 14.4. The molecule has 0 atom stereocenters. The lowest BCUT2D eigenvalue weighted by molar-refractivity contribution is -0.384. The third-order valence-corrected chi connectivity index (χ3v) is 6.50. The number of aromatic nitrogens is 3. The normalized spacial score (nSPS) is 13.2. The van der Waals surface area contributed by atoms with Gasteiger partial charge in [-0.25, -0.2) is 0 Å². The zero-order valence-electron chi connectivity index (χ0n) is 24.6. The van der Waals surface area contributed by atoms with Crippen molar-refractivity contribution < 1.29 is 19.2 Å². The molecule has 0 radical (unpaired) electrons. The van der Waals surface area contributed by atoms with E-state index in [1.807, 2.05) is 32.0 Å². The summed E-state index contributed by atoms with van der Waals surface area (Å²) in [6.45, 7) is 9.52. The number of amides is 1. The molecular formula is C29H39N9O5. The number of rotatable bonds is 16. The summed E-state index contributed by atoms with van der Waals surface area (Å²) in [4.78, 5) is 40.6. The summed E-state index contributed by atoms with van der Waals surface area (Å²) < 4.78 is 11.2. The molecule has 3 aromatic rings. The molecule has 0 unspecified atom stereocenters. The van der Waals surface area contributed by atoms with E-state index >= 15 is 0 Å². The quantitative estimate of drug-likeness (QED) is 0.127. The monoisotopic (exact) mass is 593 g/mol. The lowest BCUT2D eigenvalue weighted by Crippen LogP contribution is -2.47. The maximum absolute atomic E-state index is 12.0. The molecular weight excluding hydrogens is 554 g/mol. The third-order valence-electron chi connectivity index (χ3n) is 6.50. The lowest BCUT2D eigenvalue weighted by atomic mass is 10.2. The van der Waals surface area contributed by atoms with Gasteiger partial charge in [0.25, 0.3) is 11.6 Å². The Morgan fingerprint density at radius 2 is 1.49 bits per heavy atom. The maximum atomic E-state index is 12.0. The molecule has 14 heteroatoms. The molecule has 1 aromatic heterocycles. The van der Waals surface area contributed by atoms with Crippen LogP contribution in [0.1, 0.15) is 24.2 Å². The average molecular weight is 594 g/mol. The molecule has 1 saturated heterocycles. The van der Waals surface area contributed by atoms with E-state index in [1.54, 1.807) is 24.3 Å². The van der Waals surface area contributed by atoms with Crippen molar-refractivity contribution in [1.29, 1.82) is 0 Å². The van der Waals surface area contributed by atoms with Crippen molar-refractivity contribution in [3.05, 3.63) is 70.3 Å². The van der Waals surface area contributed by atoms with Gasteiger partial charge in [-0.15, -0.1) is 0 Å². The fraction of sp³-hybridized carbons (Fsp3) is 0.448. The summed E-state index contributed by atoms with van der Waals surface area (Å²) in [5.41, 5.74) is 1.65. The molecule has 0 bridgehead atoms. The summed E-state index contributed by atoms with van der Waals surface area (Å²) in [7, 11) is 0. The first kappa shape index (κ1) is 31.4. The highest BCUT2D eigenvalue weighted by atomic mass is 16.6. The molecule has 1 fully saturated rings. The zero-order valence-corrected chi connectivity index (χ0v) is 24.6. The molecule has 2 aromatic carbocycles. The van der Waals surface area contributed by atoms with Crippen molar-refractivity contribution >= 4 is 35.1 Å². The Bertz CT molecular complexity index is 1300. The van der Waals surface area contributed by atoms with Crippen LogP contribution in [0.2, 0.25) is 0 Å². The van der Waals surface area contributed by atoms with Gasteiger partial charge < -0.3 is 35.2 Å². The highest BCUT2D eigenvalue weighted by Crippen LogP contribution is 2.22. The molecule has 1 aliphatic heterocycles. The van der Waals surface area contributed by atoms with E-state index in [9.17, 15) is 14.9 Å². The fourth-order valence-electron chi connectivity index (χ4n) is 4.34. The van der Waals surface area contributed by atoms with E-state index in [0.29, 0.717) is 76.0 Å². The van der Waals surface area contributed by atoms with Crippen molar-refractivity contribution in [2.24, 2.45) is 0 Å². The molecule has 0 spiro atoms. The minimum Gasteiger partial charge on any atom is -0.377 e. The van der Waals surface area contributed by atoms with Gasteiger partial charge in [0, 0.05) is 68.7 Å². The Morgan fingerprint density at radius 1 is 0.860 bits per heavy atom. The Balaban J connectivity index is 1.17. The number of carbonyl (C=O) groups excluding carboxylic acids is 1. The molecule has 14 nitrogen and oxygen atoms in total. The van der Waals surface area contributed by atoms with Gasteiger partial charge >= 0.3 is 0 Å². The Hall–Kier alpha value is -4.56. The molecule has 2 heterocycles. The predicted octanol–water partition coefficient (Wildman–Crippen LogP) is 2.80. The number of ether oxygens (including phenoxy) is 2. The van der Waals surface area contributed by atoms with Crippen molar-refractivity contribution in [3.8, 4) is 0 Å². The molecule has 4 rings (SSSR count). The summed E-state index contributed by atoms with van der Waals surface area (Å²) in [5.74, 6) is 1.41. The highest BCUT2D eigenvalue weighted by Gasteiger charge is 2.21. The molecule has 0 saturated carbocycles. The molecule has 1 aliphatic rings. The van der Waals surface area contributed by atoms with Crippen LogP contribution in [0, 0.1) is 10.1 Å². The van der Waals surface area contributed by atoms with Crippen LogP contribution in [0.3, 0.4) is 0 Å². The number of piperazine rings is 1. The summed E-state index contributed by atoms with van der Waals surface area (Å²) in [6.07, 6.45) is 0. The number of nitro benzene ring substituents is 1. The molecule has 3 N–H and O–H groups in total. The number of hydrogen-bond acceptors (Lipinski definition) is 12. The van der Waals surface area contributed by atoms with Crippen molar-refractivity contribution in [1.82, 2.24) is 20.3 Å². The van der Waals surface area contributed by atoms with Crippen LogP contribution in [0.25, 0.3) is 0 Å². The van der Waals surface area contributed by atoms with E-state index in [4.69, 9.17) is 9.47 Å². The Labute approximate surface area is 251 Å². The average Bonchev–Trinajstić information content (AvgIpc) is 3.02. The number of hydrogen-bond donors (Lipinski definition) is 3. The summed E-state index contributed by atoms with van der Waals surface area (Å²) in [5, 5.41) is 20.3. The second kappa shape index (κ2) is 16.2. The second-order valence-electron chi connectivity index (χ2n) is 10.1. The van der Waals surface area contributed by atoms with Crippen LogP contribution in [0.4, 0.5) is 29.2 Å². The SMILES string of the molecule is CC(C)Nc1nc(NCCOCCOCCNC(=O)c2ccccc2)nc(N2CCN(c3ccc([N+](=O)[O-])cc3)CC2)n1. The lowest BCUT2D eigenvalue weighted by Gasteiger charge is -2.36. The number of nitrogens with one attached hydrogen (secondary N) is 3. The smallest absolute Gasteiger partial charge is 0.269 e. The van der Waals surface area contributed by atoms with E-state index in [0.717, 1.165) is 18.8 Å².